The summed E-state index contributed by atoms with van der Waals surface area (Å²) in [4.78, 5) is 36.7. The second-order valence-corrected chi connectivity index (χ2v) is 6.28. The number of esters is 1. The van der Waals surface area contributed by atoms with Gasteiger partial charge in [0.15, 0.2) is 6.61 Å². The van der Waals surface area contributed by atoms with Gasteiger partial charge in [0.05, 0.1) is 10.5 Å². The zero-order valence-corrected chi connectivity index (χ0v) is 14.5. The van der Waals surface area contributed by atoms with Crippen LogP contribution in [-0.4, -0.2) is 29.4 Å². The van der Waals surface area contributed by atoms with Crippen molar-refractivity contribution in [1.82, 2.24) is 0 Å². The molecule has 1 aliphatic rings. The molecule has 7 heteroatoms. The van der Waals surface area contributed by atoms with E-state index in [-0.39, 0.29) is 29.8 Å². The highest BCUT2D eigenvalue weighted by Crippen LogP contribution is 2.31. The Kier molecular flexibility index (Phi) is 4.71. The number of nitrogens with zero attached hydrogens (tertiary/aromatic N) is 2. The number of hydrogen-bond donors (Lipinski definition) is 0. The van der Waals surface area contributed by atoms with Crippen LogP contribution in [0.4, 0.5) is 11.4 Å². The van der Waals surface area contributed by atoms with Gasteiger partial charge in [-0.05, 0) is 44.0 Å². The van der Waals surface area contributed by atoms with Gasteiger partial charge in [-0.3, -0.25) is 14.9 Å². The Labute approximate surface area is 150 Å². The molecule has 0 N–H and O–H groups in total. The summed E-state index contributed by atoms with van der Waals surface area (Å²) in [5, 5.41) is 10.8. The first-order valence-corrected chi connectivity index (χ1v) is 8.20. The molecule has 134 valence electrons. The van der Waals surface area contributed by atoms with E-state index in [1.165, 1.54) is 18.2 Å². The van der Waals surface area contributed by atoms with E-state index in [1.807, 2.05) is 31.2 Å². The zero-order valence-electron chi connectivity index (χ0n) is 14.5. The van der Waals surface area contributed by atoms with Crippen LogP contribution in [0.5, 0.6) is 0 Å². The smallest absolute Gasteiger partial charge is 0.338 e. The van der Waals surface area contributed by atoms with Crippen molar-refractivity contribution in [3.8, 4) is 0 Å². The van der Waals surface area contributed by atoms with E-state index in [4.69, 9.17) is 4.74 Å². The van der Waals surface area contributed by atoms with Crippen molar-refractivity contribution in [3.05, 3.63) is 69.3 Å². The fourth-order valence-corrected chi connectivity index (χ4v) is 3.21. The third kappa shape index (κ3) is 3.28. The number of nitro benzene ring substituents is 1. The number of carbonyl (C=O) groups excluding carboxylic acids is 2. The molecule has 0 unspecified atom stereocenters. The van der Waals surface area contributed by atoms with Crippen molar-refractivity contribution in [2.24, 2.45) is 0 Å². The van der Waals surface area contributed by atoms with Crippen LogP contribution >= 0.6 is 0 Å². The Morgan fingerprint density at radius 2 is 2.00 bits per heavy atom. The molecule has 2 aromatic carbocycles. The number of ether oxygens (including phenoxy) is 1. The molecule has 0 spiro atoms. The van der Waals surface area contributed by atoms with Crippen LogP contribution in [0.3, 0.4) is 0 Å². The second kappa shape index (κ2) is 6.95. The maximum Gasteiger partial charge on any atom is 0.338 e. The number of anilines is 1. The van der Waals surface area contributed by atoms with Gasteiger partial charge in [-0.2, -0.15) is 0 Å². The summed E-state index contributed by atoms with van der Waals surface area (Å²) in [6.07, 6.45) is 0.761. The maximum atomic E-state index is 12.5. The first-order chi connectivity index (χ1) is 12.4. The highest BCUT2D eigenvalue weighted by atomic mass is 16.6. The lowest BCUT2D eigenvalue weighted by molar-refractivity contribution is -0.385. The zero-order chi connectivity index (χ0) is 18.8. The van der Waals surface area contributed by atoms with Crippen molar-refractivity contribution in [3.63, 3.8) is 0 Å². The predicted molar refractivity (Wildman–Crippen MR) is 95.2 cm³/mol. The minimum atomic E-state index is -0.684. The minimum Gasteiger partial charge on any atom is -0.452 e. The summed E-state index contributed by atoms with van der Waals surface area (Å²) in [7, 11) is 0. The van der Waals surface area contributed by atoms with Gasteiger partial charge in [0.1, 0.15) is 0 Å². The highest BCUT2D eigenvalue weighted by Gasteiger charge is 2.31. The monoisotopic (exact) mass is 354 g/mol. The van der Waals surface area contributed by atoms with Gasteiger partial charge in [-0.25, -0.2) is 4.79 Å². The molecule has 0 fully saturated rings. The van der Waals surface area contributed by atoms with Gasteiger partial charge in [-0.1, -0.05) is 18.2 Å². The maximum absolute atomic E-state index is 12.5. The fourth-order valence-electron chi connectivity index (χ4n) is 3.21. The second-order valence-electron chi connectivity index (χ2n) is 6.28. The summed E-state index contributed by atoms with van der Waals surface area (Å²) in [6.45, 7) is 3.11. The number of nitro groups is 1. The molecule has 0 aromatic heterocycles. The van der Waals surface area contributed by atoms with E-state index < -0.39 is 10.9 Å². The number of para-hydroxylation sites is 1. The van der Waals surface area contributed by atoms with Crippen LogP contribution in [-0.2, 0) is 16.0 Å². The fraction of sp³-hybridized carbons (Fsp3) is 0.263. The first-order valence-electron chi connectivity index (χ1n) is 8.20. The van der Waals surface area contributed by atoms with Gasteiger partial charge in [0.25, 0.3) is 11.6 Å². The molecule has 26 heavy (non-hydrogen) atoms. The summed E-state index contributed by atoms with van der Waals surface area (Å²) < 4.78 is 5.12. The van der Waals surface area contributed by atoms with Crippen LogP contribution < -0.4 is 4.90 Å². The summed E-state index contributed by atoms with van der Waals surface area (Å²) in [5.41, 5.74) is 2.40. The number of fused-ring (bicyclic) bond motifs is 1. The number of amides is 1. The Morgan fingerprint density at radius 3 is 2.69 bits per heavy atom. The molecule has 7 nitrogen and oxygen atoms in total. The predicted octanol–water partition coefficient (Wildman–Crippen LogP) is 3.04. The van der Waals surface area contributed by atoms with E-state index >= 15 is 0 Å². The molecule has 0 bridgehead atoms. The van der Waals surface area contributed by atoms with Crippen molar-refractivity contribution >= 4 is 23.3 Å². The lowest BCUT2D eigenvalue weighted by Gasteiger charge is -2.22. The average molecular weight is 354 g/mol. The molecule has 1 atom stereocenters. The highest BCUT2D eigenvalue weighted by molar-refractivity contribution is 5.99. The molecule has 0 aliphatic carbocycles. The van der Waals surface area contributed by atoms with E-state index in [9.17, 15) is 19.7 Å². The van der Waals surface area contributed by atoms with Gasteiger partial charge >= 0.3 is 5.97 Å². The Balaban J connectivity index is 1.67. The Hall–Kier alpha value is -3.22. The van der Waals surface area contributed by atoms with Gasteiger partial charge in [0, 0.05) is 23.4 Å². The normalized spacial score (nSPS) is 15.5. The Morgan fingerprint density at radius 1 is 1.27 bits per heavy atom. The summed E-state index contributed by atoms with van der Waals surface area (Å²) >= 11 is 0. The van der Waals surface area contributed by atoms with Crippen molar-refractivity contribution < 1.29 is 19.2 Å². The molecule has 1 amide bonds. The van der Waals surface area contributed by atoms with Crippen LogP contribution in [0.25, 0.3) is 0 Å². The lowest BCUT2D eigenvalue weighted by Crippen LogP contribution is -2.38. The van der Waals surface area contributed by atoms with Crippen molar-refractivity contribution in [2.45, 2.75) is 26.3 Å². The Bertz CT molecular complexity index is 893. The number of aryl methyl sites for hydroxylation is 1. The van der Waals surface area contributed by atoms with E-state index in [2.05, 4.69) is 0 Å². The van der Waals surface area contributed by atoms with E-state index in [1.54, 1.807) is 11.8 Å². The number of hydrogen-bond acceptors (Lipinski definition) is 5. The lowest BCUT2D eigenvalue weighted by atomic mass is 10.1. The molecular weight excluding hydrogens is 336 g/mol. The number of rotatable bonds is 4. The molecule has 3 rings (SSSR count). The molecule has 0 saturated heterocycles. The topological polar surface area (TPSA) is 89.8 Å². The van der Waals surface area contributed by atoms with Crippen molar-refractivity contribution in [2.75, 3.05) is 11.5 Å². The standard InChI is InChI=1S/C19H18N2O5/c1-12-9-15(7-8-16(12)21(24)25)19(23)26-11-18(22)20-13(2)10-14-5-3-4-6-17(14)20/h3-9,13H,10-11H2,1-2H3/t13-/m0/s1. The molecule has 1 aliphatic heterocycles. The number of benzene rings is 2. The summed E-state index contributed by atoms with van der Waals surface area (Å²) in [6, 6.07) is 11.6. The molecule has 1 heterocycles. The third-order valence-corrected chi connectivity index (χ3v) is 4.43. The third-order valence-electron chi connectivity index (χ3n) is 4.43. The average Bonchev–Trinajstić information content (AvgIpc) is 2.94. The molecular formula is C19H18N2O5. The van der Waals surface area contributed by atoms with Gasteiger partial charge in [0.2, 0.25) is 0 Å². The van der Waals surface area contributed by atoms with Gasteiger partial charge in [-0.15, -0.1) is 0 Å². The molecule has 2 aromatic rings. The van der Waals surface area contributed by atoms with Crippen molar-refractivity contribution in [1.29, 1.82) is 0 Å². The van der Waals surface area contributed by atoms with E-state index in [0.29, 0.717) is 5.56 Å². The van der Waals surface area contributed by atoms with E-state index in [0.717, 1.165) is 17.7 Å². The quantitative estimate of drug-likeness (QED) is 0.478. The number of carbonyl (C=O) groups is 2. The first kappa shape index (κ1) is 17.6. The summed E-state index contributed by atoms with van der Waals surface area (Å²) in [5.74, 6) is -0.981. The SMILES string of the molecule is Cc1cc(C(=O)OCC(=O)N2c3ccccc3C[C@@H]2C)ccc1[N+](=O)[O-]. The molecule has 0 radical (unpaired) electrons. The minimum absolute atomic E-state index is 0.000205. The molecule has 0 saturated carbocycles. The largest absolute Gasteiger partial charge is 0.452 e. The van der Waals surface area contributed by atoms with Crippen LogP contribution in [0, 0.1) is 17.0 Å². The van der Waals surface area contributed by atoms with Crippen LogP contribution in [0.1, 0.15) is 28.4 Å². The van der Waals surface area contributed by atoms with Crippen LogP contribution in [0.15, 0.2) is 42.5 Å². The van der Waals surface area contributed by atoms with Gasteiger partial charge < -0.3 is 9.64 Å². The van der Waals surface area contributed by atoms with Crippen LogP contribution in [0.2, 0.25) is 0 Å².